The van der Waals surface area contributed by atoms with Gasteiger partial charge in [0.15, 0.2) is 0 Å². The van der Waals surface area contributed by atoms with Crippen LogP contribution in [0.15, 0.2) is 218 Å². The standard InChI is InChI=1S/C68H48/c1-67(2)58-33-19-18-32-56(58)66-47-23-9-8-22-44(47)57(40-61(66)67)65-54-30-16-14-28-52(54)64(53-29-15-17-31-55(53)65)43-35-37-46-45-36-34-42(38-59(45)68(3,4)60(46)39-43)63-50-26-12-10-24-48(50)62(41-20-6-5-7-21-41)49-25-11-13-27-51(49)63/h5-40H,1-4H3. The Morgan fingerprint density at radius 1 is 0.206 bits per heavy atom. The third kappa shape index (κ3) is 5.32. The smallest absolute Gasteiger partial charge is 0.0159 e. The molecule has 2 aliphatic rings. The van der Waals surface area contributed by atoms with Crippen molar-refractivity contribution in [1.82, 2.24) is 0 Å². The van der Waals surface area contributed by atoms with Gasteiger partial charge in [0.25, 0.3) is 0 Å². The van der Waals surface area contributed by atoms with Crippen LogP contribution in [-0.2, 0) is 10.8 Å². The van der Waals surface area contributed by atoms with E-state index in [1.54, 1.807) is 0 Å². The number of rotatable bonds is 4. The molecule has 0 bridgehead atoms. The zero-order valence-corrected chi connectivity index (χ0v) is 38.8. The van der Waals surface area contributed by atoms with E-state index in [-0.39, 0.29) is 10.8 Å². The molecule has 68 heavy (non-hydrogen) atoms. The van der Waals surface area contributed by atoms with Crippen molar-refractivity contribution in [2.24, 2.45) is 0 Å². The minimum Gasteiger partial charge on any atom is -0.0622 e. The van der Waals surface area contributed by atoms with E-state index in [1.807, 2.05) is 0 Å². The first-order valence-electron chi connectivity index (χ1n) is 24.2. The summed E-state index contributed by atoms with van der Waals surface area (Å²) >= 11 is 0. The monoisotopic (exact) mass is 864 g/mol. The van der Waals surface area contributed by atoms with Gasteiger partial charge in [0.2, 0.25) is 0 Å². The Labute approximate surface area is 397 Å². The summed E-state index contributed by atoms with van der Waals surface area (Å²) in [7, 11) is 0. The molecule has 320 valence electrons. The van der Waals surface area contributed by atoms with Crippen molar-refractivity contribution in [1.29, 1.82) is 0 Å². The second kappa shape index (κ2) is 14.2. The lowest BCUT2D eigenvalue weighted by molar-refractivity contribution is 0.661. The highest BCUT2D eigenvalue weighted by Gasteiger charge is 2.39. The fraction of sp³-hybridized carbons (Fsp3) is 0.0882. The van der Waals surface area contributed by atoms with Crippen molar-refractivity contribution < 1.29 is 0 Å². The fourth-order valence-electron chi connectivity index (χ4n) is 12.9. The van der Waals surface area contributed by atoms with E-state index >= 15 is 0 Å². The second-order valence-electron chi connectivity index (χ2n) is 20.3. The third-order valence-electron chi connectivity index (χ3n) is 16.0. The molecule has 0 atom stereocenters. The highest BCUT2D eigenvalue weighted by Crippen LogP contribution is 2.56. The second-order valence-corrected chi connectivity index (χ2v) is 20.3. The Bertz CT molecular complexity index is 4010. The molecule has 12 aromatic carbocycles. The number of benzene rings is 12. The number of fused-ring (bicyclic) bond motifs is 12. The third-order valence-corrected chi connectivity index (χ3v) is 16.0. The summed E-state index contributed by atoms with van der Waals surface area (Å²) in [4.78, 5) is 0. The Kier molecular flexibility index (Phi) is 8.19. The summed E-state index contributed by atoms with van der Waals surface area (Å²) in [5.74, 6) is 0. The first kappa shape index (κ1) is 39.1. The van der Waals surface area contributed by atoms with Crippen LogP contribution in [-0.4, -0.2) is 0 Å². The molecule has 0 unspecified atom stereocenters. The molecule has 0 aliphatic heterocycles. The minimum atomic E-state index is -0.231. The summed E-state index contributed by atoms with van der Waals surface area (Å²) < 4.78 is 0. The van der Waals surface area contributed by atoms with Gasteiger partial charge in [-0.2, -0.15) is 0 Å². The highest BCUT2D eigenvalue weighted by atomic mass is 14.4. The van der Waals surface area contributed by atoms with Crippen LogP contribution in [0.2, 0.25) is 0 Å². The largest absolute Gasteiger partial charge is 0.0622 e. The van der Waals surface area contributed by atoms with Crippen molar-refractivity contribution in [3.63, 3.8) is 0 Å². The molecule has 0 heteroatoms. The molecule has 0 N–H and O–H groups in total. The first-order chi connectivity index (χ1) is 33.3. The molecule has 12 aromatic rings. The number of hydrogen-bond donors (Lipinski definition) is 0. The highest BCUT2D eigenvalue weighted by molar-refractivity contribution is 6.25. The first-order valence-corrected chi connectivity index (χ1v) is 24.2. The van der Waals surface area contributed by atoms with Crippen LogP contribution >= 0.6 is 0 Å². The molecular formula is C68H48. The van der Waals surface area contributed by atoms with Gasteiger partial charge in [-0.25, -0.2) is 0 Å². The van der Waals surface area contributed by atoms with Crippen LogP contribution in [0.1, 0.15) is 49.9 Å². The van der Waals surface area contributed by atoms with Crippen molar-refractivity contribution >= 4 is 53.9 Å². The van der Waals surface area contributed by atoms with Gasteiger partial charge in [0.05, 0.1) is 0 Å². The number of hydrogen-bond acceptors (Lipinski definition) is 0. The van der Waals surface area contributed by atoms with E-state index < -0.39 is 0 Å². The molecule has 2 aliphatic carbocycles. The van der Waals surface area contributed by atoms with Gasteiger partial charge in [-0.15, -0.1) is 0 Å². The van der Waals surface area contributed by atoms with Crippen molar-refractivity contribution in [2.45, 2.75) is 38.5 Å². The molecule has 0 fully saturated rings. The quantitative estimate of drug-likeness (QED) is 0.155. The predicted octanol–water partition coefficient (Wildman–Crippen LogP) is 18.7. The summed E-state index contributed by atoms with van der Waals surface area (Å²) in [6, 6.07) is 82.4. The van der Waals surface area contributed by atoms with Crippen LogP contribution in [0.3, 0.4) is 0 Å². The van der Waals surface area contributed by atoms with Gasteiger partial charge in [-0.05, 0) is 161 Å². The lowest BCUT2D eigenvalue weighted by atomic mass is 9.78. The van der Waals surface area contributed by atoms with E-state index in [2.05, 4.69) is 246 Å². The van der Waals surface area contributed by atoms with Crippen molar-refractivity contribution in [3.05, 3.63) is 241 Å². The van der Waals surface area contributed by atoms with Gasteiger partial charge in [0, 0.05) is 10.8 Å². The van der Waals surface area contributed by atoms with E-state index in [1.165, 1.54) is 143 Å². The molecule has 0 amide bonds. The molecule has 0 heterocycles. The summed E-state index contributed by atoms with van der Waals surface area (Å²) in [5, 5.41) is 12.9. The van der Waals surface area contributed by atoms with Gasteiger partial charge in [-0.3, -0.25) is 0 Å². The Balaban J connectivity index is 0.950. The van der Waals surface area contributed by atoms with Crippen molar-refractivity contribution in [3.8, 4) is 66.8 Å². The molecule has 0 spiro atoms. The molecule has 0 radical (unpaired) electrons. The van der Waals surface area contributed by atoms with Gasteiger partial charge >= 0.3 is 0 Å². The molecule has 0 saturated heterocycles. The fourth-order valence-corrected chi connectivity index (χ4v) is 12.9. The Morgan fingerprint density at radius 3 is 1.03 bits per heavy atom. The summed E-state index contributed by atoms with van der Waals surface area (Å²) in [5.41, 5.74) is 20.9. The molecular weight excluding hydrogens is 817 g/mol. The van der Waals surface area contributed by atoms with E-state index in [0.717, 1.165) is 0 Å². The zero-order valence-electron chi connectivity index (χ0n) is 38.8. The lowest BCUT2D eigenvalue weighted by Gasteiger charge is -2.25. The maximum Gasteiger partial charge on any atom is 0.0159 e. The normalized spacial score (nSPS) is 14.1. The van der Waals surface area contributed by atoms with E-state index in [4.69, 9.17) is 0 Å². The maximum atomic E-state index is 2.54. The summed E-state index contributed by atoms with van der Waals surface area (Å²) in [6.45, 7) is 9.66. The van der Waals surface area contributed by atoms with Crippen LogP contribution in [0.25, 0.3) is 121 Å². The van der Waals surface area contributed by atoms with Gasteiger partial charge in [-0.1, -0.05) is 228 Å². The SMILES string of the molecule is CC1(C)c2cc(-c3c4ccccc4c(-c4ccccc4)c4ccccc34)ccc2-c2ccc(-c3c4ccccc4c(-c4cc5c(c6ccccc46)-c4ccccc4C5(C)C)c4ccccc34)cc21. The Hall–Kier alpha value is -8.06. The van der Waals surface area contributed by atoms with Crippen LogP contribution in [0.5, 0.6) is 0 Å². The average Bonchev–Trinajstić information content (AvgIpc) is 3.75. The summed E-state index contributed by atoms with van der Waals surface area (Å²) in [6.07, 6.45) is 0. The molecule has 14 rings (SSSR count). The van der Waals surface area contributed by atoms with Gasteiger partial charge in [0.1, 0.15) is 0 Å². The van der Waals surface area contributed by atoms with E-state index in [9.17, 15) is 0 Å². The molecule has 0 nitrogen and oxygen atoms in total. The average molecular weight is 865 g/mol. The predicted molar refractivity (Wildman–Crippen MR) is 291 cm³/mol. The van der Waals surface area contributed by atoms with E-state index in [0.29, 0.717) is 0 Å². The maximum absolute atomic E-state index is 2.54. The Morgan fingerprint density at radius 2 is 0.559 bits per heavy atom. The van der Waals surface area contributed by atoms with Crippen molar-refractivity contribution in [2.75, 3.05) is 0 Å². The molecule has 0 saturated carbocycles. The minimum absolute atomic E-state index is 0.125. The topological polar surface area (TPSA) is 0 Å². The molecule has 0 aromatic heterocycles. The van der Waals surface area contributed by atoms with Crippen LogP contribution in [0, 0.1) is 0 Å². The zero-order chi connectivity index (χ0) is 45.5. The lowest BCUT2D eigenvalue weighted by Crippen LogP contribution is -2.15. The van der Waals surface area contributed by atoms with Gasteiger partial charge < -0.3 is 0 Å². The van der Waals surface area contributed by atoms with Crippen LogP contribution < -0.4 is 0 Å². The van der Waals surface area contributed by atoms with Crippen LogP contribution in [0.4, 0.5) is 0 Å².